The van der Waals surface area contributed by atoms with Crippen molar-refractivity contribution in [2.75, 3.05) is 16.4 Å². The Bertz CT molecular complexity index is 939. The molecule has 138 valence electrons. The van der Waals surface area contributed by atoms with Gasteiger partial charge < -0.3 is 10.6 Å². The normalized spacial score (nSPS) is 10.4. The summed E-state index contributed by atoms with van der Waals surface area (Å²) in [4.78, 5) is 28.3. The monoisotopic (exact) mass is 381 g/mol. The fraction of sp³-hybridized carbons (Fsp3) is 0.158. The number of aromatic amines is 1. The molecule has 0 aliphatic heterocycles. The molecule has 0 spiro atoms. The summed E-state index contributed by atoms with van der Waals surface area (Å²) in [5.41, 5.74) is 4.08. The molecule has 2 amide bonds. The Labute approximate surface area is 161 Å². The maximum Gasteiger partial charge on any atom is 0.255 e. The van der Waals surface area contributed by atoms with Crippen molar-refractivity contribution in [3.8, 4) is 0 Å². The first-order valence-electron chi connectivity index (χ1n) is 8.28. The Kier molecular flexibility index (Phi) is 5.87. The summed E-state index contributed by atoms with van der Waals surface area (Å²) in [6.07, 6.45) is 1.39. The van der Waals surface area contributed by atoms with E-state index < -0.39 is 0 Å². The van der Waals surface area contributed by atoms with E-state index in [1.807, 2.05) is 32.0 Å². The van der Waals surface area contributed by atoms with Crippen LogP contribution in [0.5, 0.6) is 0 Å². The average Bonchev–Trinajstić information content (AvgIpc) is 3.16. The van der Waals surface area contributed by atoms with Crippen molar-refractivity contribution in [2.24, 2.45) is 0 Å². The summed E-state index contributed by atoms with van der Waals surface area (Å²) < 4.78 is 0. The Morgan fingerprint density at radius 2 is 1.85 bits per heavy atom. The fourth-order valence-electron chi connectivity index (χ4n) is 2.45. The zero-order chi connectivity index (χ0) is 19.2. The van der Waals surface area contributed by atoms with E-state index >= 15 is 0 Å². The van der Waals surface area contributed by atoms with Crippen molar-refractivity contribution in [3.05, 3.63) is 65.5 Å². The molecule has 3 aromatic rings. The van der Waals surface area contributed by atoms with Gasteiger partial charge in [0.05, 0.1) is 5.75 Å². The third-order valence-corrected chi connectivity index (χ3v) is 4.67. The van der Waals surface area contributed by atoms with E-state index in [-0.39, 0.29) is 17.6 Å². The summed E-state index contributed by atoms with van der Waals surface area (Å²) >= 11 is 1.26. The summed E-state index contributed by atoms with van der Waals surface area (Å²) in [6, 6.07) is 12.6. The van der Waals surface area contributed by atoms with Crippen LogP contribution in [0, 0.1) is 13.8 Å². The first kappa shape index (κ1) is 18.7. The first-order chi connectivity index (χ1) is 13.0. The second kappa shape index (κ2) is 8.50. The van der Waals surface area contributed by atoms with Crippen LogP contribution in [0.1, 0.15) is 21.5 Å². The molecule has 0 unspecified atom stereocenters. The summed E-state index contributed by atoms with van der Waals surface area (Å²) in [5, 5.41) is 12.7. The van der Waals surface area contributed by atoms with Crippen LogP contribution >= 0.6 is 11.8 Å². The lowest BCUT2D eigenvalue weighted by Crippen LogP contribution is -2.15. The summed E-state index contributed by atoms with van der Waals surface area (Å²) in [7, 11) is 0. The number of H-pyrrole nitrogens is 1. The molecule has 0 bridgehead atoms. The van der Waals surface area contributed by atoms with E-state index in [0.29, 0.717) is 16.4 Å². The topological polar surface area (TPSA) is 99.8 Å². The van der Waals surface area contributed by atoms with Crippen molar-refractivity contribution >= 4 is 35.0 Å². The molecule has 8 heteroatoms. The van der Waals surface area contributed by atoms with E-state index in [1.165, 1.54) is 18.1 Å². The number of hydrogen-bond acceptors (Lipinski definition) is 5. The van der Waals surface area contributed by atoms with Gasteiger partial charge in [0, 0.05) is 16.9 Å². The van der Waals surface area contributed by atoms with Crippen LogP contribution in [-0.2, 0) is 4.79 Å². The van der Waals surface area contributed by atoms with Gasteiger partial charge in [-0.3, -0.25) is 14.7 Å². The third kappa shape index (κ3) is 5.18. The minimum absolute atomic E-state index is 0.163. The van der Waals surface area contributed by atoms with E-state index in [0.717, 1.165) is 16.8 Å². The van der Waals surface area contributed by atoms with Gasteiger partial charge in [-0.05, 0) is 49.7 Å². The summed E-state index contributed by atoms with van der Waals surface area (Å²) in [5.74, 6) is -0.144. The number of rotatable bonds is 6. The van der Waals surface area contributed by atoms with Gasteiger partial charge in [-0.25, -0.2) is 4.98 Å². The van der Waals surface area contributed by atoms with Gasteiger partial charge in [0.15, 0.2) is 5.16 Å². The molecule has 1 aromatic heterocycles. The van der Waals surface area contributed by atoms with Crippen LogP contribution in [0.25, 0.3) is 0 Å². The standard InChI is InChI=1S/C19H19N5O2S/c1-12-3-8-16(13(2)9-12)23-18(26)14-4-6-15(7-5-14)22-17(25)10-27-19-20-11-21-24-19/h3-9,11H,10H2,1-2H3,(H,22,25)(H,23,26)(H,20,21,24). The Morgan fingerprint density at radius 3 is 2.52 bits per heavy atom. The van der Waals surface area contributed by atoms with Gasteiger partial charge in [0.1, 0.15) is 6.33 Å². The Morgan fingerprint density at radius 1 is 1.07 bits per heavy atom. The maximum absolute atomic E-state index is 12.4. The number of thioether (sulfide) groups is 1. The molecule has 0 radical (unpaired) electrons. The number of aromatic nitrogens is 3. The smallest absolute Gasteiger partial charge is 0.255 e. The second-order valence-electron chi connectivity index (χ2n) is 5.98. The van der Waals surface area contributed by atoms with Crippen molar-refractivity contribution in [3.63, 3.8) is 0 Å². The zero-order valence-corrected chi connectivity index (χ0v) is 15.8. The quantitative estimate of drug-likeness (QED) is 0.568. The predicted molar refractivity (Wildman–Crippen MR) is 106 cm³/mol. The van der Waals surface area contributed by atoms with E-state index in [4.69, 9.17) is 0 Å². The zero-order valence-electron chi connectivity index (χ0n) is 14.9. The summed E-state index contributed by atoms with van der Waals surface area (Å²) in [6.45, 7) is 3.97. The van der Waals surface area contributed by atoms with Crippen LogP contribution < -0.4 is 10.6 Å². The van der Waals surface area contributed by atoms with Crippen molar-refractivity contribution in [1.29, 1.82) is 0 Å². The van der Waals surface area contributed by atoms with Gasteiger partial charge in [0.25, 0.3) is 5.91 Å². The van der Waals surface area contributed by atoms with E-state index in [9.17, 15) is 9.59 Å². The van der Waals surface area contributed by atoms with Crippen LogP contribution in [0.4, 0.5) is 11.4 Å². The predicted octanol–water partition coefficient (Wildman–Crippen LogP) is 3.40. The van der Waals surface area contributed by atoms with Crippen LogP contribution in [0.15, 0.2) is 53.9 Å². The number of carbonyl (C=O) groups excluding carboxylic acids is 2. The third-order valence-electron chi connectivity index (χ3n) is 3.79. The lowest BCUT2D eigenvalue weighted by Gasteiger charge is -2.10. The largest absolute Gasteiger partial charge is 0.325 e. The van der Waals surface area contributed by atoms with Gasteiger partial charge >= 0.3 is 0 Å². The van der Waals surface area contributed by atoms with Crippen molar-refractivity contribution < 1.29 is 9.59 Å². The fourth-order valence-corrected chi connectivity index (χ4v) is 3.03. The molecule has 27 heavy (non-hydrogen) atoms. The first-order valence-corrected chi connectivity index (χ1v) is 9.26. The van der Waals surface area contributed by atoms with Crippen LogP contribution in [0.2, 0.25) is 0 Å². The lowest BCUT2D eigenvalue weighted by molar-refractivity contribution is -0.113. The average molecular weight is 381 g/mol. The molecule has 0 fully saturated rings. The highest BCUT2D eigenvalue weighted by molar-refractivity contribution is 7.99. The number of benzene rings is 2. The minimum atomic E-state index is -0.194. The van der Waals surface area contributed by atoms with Crippen LogP contribution in [0.3, 0.4) is 0 Å². The second-order valence-corrected chi connectivity index (χ2v) is 6.94. The number of nitrogens with one attached hydrogen (secondary N) is 3. The highest BCUT2D eigenvalue weighted by atomic mass is 32.2. The Hall–Kier alpha value is -3.13. The molecule has 0 saturated carbocycles. The number of anilines is 2. The Balaban J connectivity index is 1.56. The van der Waals surface area contributed by atoms with Gasteiger partial charge in [-0.15, -0.1) is 0 Å². The van der Waals surface area contributed by atoms with Gasteiger partial charge in [-0.1, -0.05) is 29.5 Å². The highest BCUT2D eigenvalue weighted by Gasteiger charge is 2.09. The van der Waals surface area contributed by atoms with Gasteiger partial charge in [0.2, 0.25) is 5.91 Å². The highest BCUT2D eigenvalue weighted by Crippen LogP contribution is 2.18. The number of hydrogen-bond donors (Lipinski definition) is 3. The molecule has 0 saturated heterocycles. The van der Waals surface area contributed by atoms with Gasteiger partial charge in [-0.2, -0.15) is 5.10 Å². The number of carbonyl (C=O) groups is 2. The number of amides is 2. The molecule has 0 aliphatic carbocycles. The molecule has 0 atom stereocenters. The van der Waals surface area contributed by atoms with E-state index in [1.54, 1.807) is 24.3 Å². The van der Waals surface area contributed by atoms with E-state index in [2.05, 4.69) is 25.8 Å². The molecule has 0 aliphatic rings. The molecule has 7 nitrogen and oxygen atoms in total. The van der Waals surface area contributed by atoms with Crippen LogP contribution in [-0.4, -0.2) is 32.7 Å². The molecule has 2 aromatic carbocycles. The minimum Gasteiger partial charge on any atom is -0.325 e. The molecule has 1 heterocycles. The number of nitrogens with zero attached hydrogens (tertiary/aromatic N) is 2. The maximum atomic E-state index is 12.4. The molecule has 3 N–H and O–H groups in total. The van der Waals surface area contributed by atoms with Crippen molar-refractivity contribution in [1.82, 2.24) is 15.2 Å². The molecular formula is C19H19N5O2S. The molecule has 3 rings (SSSR count). The number of aryl methyl sites for hydroxylation is 2. The molecular weight excluding hydrogens is 362 g/mol. The SMILES string of the molecule is Cc1ccc(NC(=O)c2ccc(NC(=O)CSc3ncn[nH]3)cc2)c(C)c1. The van der Waals surface area contributed by atoms with Crippen molar-refractivity contribution in [2.45, 2.75) is 19.0 Å². The lowest BCUT2D eigenvalue weighted by atomic mass is 10.1.